The number of rotatable bonds is 8. The molecule has 0 spiro atoms. The predicted octanol–water partition coefficient (Wildman–Crippen LogP) is 3.81. The molecule has 0 bridgehead atoms. The molecular formula is C15H24BrNO. The van der Waals surface area contributed by atoms with Gasteiger partial charge in [-0.1, -0.05) is 48.0 Å². The minimum absolute atomic E-state index is 0.524. The van der Waals surface area contributed by atoms with Crippen LogP contribution < -0.4 is 5.32 Å². The van der Waals surface area contributed by atoms with Crippen LogP contribution in [0.1, 0.15) is 31.7 Å². The normalized spacial score (nSPS) is 14.4. The average molecular weight is 314 g/mol. The van der Waals surface area contributed by atoms with Crippen molar-refractivity contribution in [3.63, 3.8) is 0 Å². The van der Waals surface area contributed by atoms with Crippen LogP contribution in [0.4, 0.5) is 0 Å². The van der Waals surface area contributed by atoms with E-state index in [2.05, 4.69) is 59.4 Å². The van der Waals surface area contributed by atoms with E-state index in [-0.39, 0.29) is 0 Å². The second-order valence-electron chi connectivity index (χ2n) is 4.69. The van der Waals surface area contributed by atoms with Crippen molar-refractivity contribution in [2.24, 2.45) is 5.92 Å². The smallest absolute Gasteiger partial charge is 0.0465 e. The van der Waals surface area contributed by atoms with Gasteiger partial charge in [-0.25, -0.2) is 0 Å². The summed E-state index contributed by atoms with van der Waals surface area (Å²) in [5, 5.41) is 3.47. The van der Waals surface area contributed by atoms with E-state index < -0.39 is 0 Å². The largest absolute Gasteiger partial charge is 0.385 e. The molecule has 102 valence electrons. The average Bonchev–Trinajstić information content (AvgIpc) is 2.38. The van der Waals surface area contributed by atoms with Crippen LogP contribution in [0.25, 0.3) is 0 Å². The molecule has 0 radical (unpaired) electrons. The van der Waals surface area contributed by atoms with Crippen LogP contribution in [0.2, 0.25) is 0 Å². The lowest BCUT2D eigenvalue weighted by Crippen LogP contribution is -2.26. The number of methoxy groups -OCH3 is 1. The molecule has 0 saturated heterocycles. The molecule has 0 fully saturated rings. The number of likely N-dealkylation sites (N-methyl/N-ethyl adjacent to an activating group) is 1. The van der Waals surface area contributed by atoms with Crippen LogP contribution >= 0.6 is 15.9 Å². The molecule has 0 aliphatic heterocycles. The van der Waals surface area contributed by atoms with E-state index in [0.29, 0.717) is 11.8 Å². The molecule has 18 heavy (non-hydrogen) atoms. The quantitative estimate of drug-likeness (QED) is 0.788. The lowest BCUT2D eigenvalue weighted by atomic mass is 9.85. The summed E-state index contributed by atoms with van der Waals surface area (Å²) >= 11 is 3.67. The van der Waals surface area contributed by atoms with Gasteiger partial charge in [0.05, 0.1) is 0 Å². The van der Waals surface area contributed by atoms with Gasteiger partial charge in [0.15, 0.2) is 0 Å². The zero-order chi connectivity index (χ0) is 13.4. The number of hydrogen-bond donors (Lipinski definition) is 1. The number of nitrogens with one attached hydrogen (secondary N) is 1. The highest BCUT2D eigenvalue weighted by Crippen LogP contribution is 2.31. The number of ether oxygens (including phenoxy) is 1. The first-order valence-corrected chi connectivity index (χ1v) is 7.44. The van der Waals surface area contributed by atoms with E-state index in [1.165, 1.54) is 10.0 Å². The summed E-state index contributed by atoms with van der Waals surface area (Å²) in [4.78, 5) is 0. The van der Waals surface area contributed by atoms with Crippen molar-refractivity contribution in [3.05, 3.63) is 34.3 Å². The van der Waals surface area contributed by atoms with Crippen molar-refractivity contribution < 1.29 is 4.74 Å². The van der Waals surface area contributed by atoms with Gasteiger partial charge in [-0.3, -0.25) is 0 Å². The van der Waals surface area contributed by atoms with E-state index >= 15 is 0 Å². The molecular weight excluding hydrogens is 290 g/mol. The zero-order valence-electron chi connectivity index (χ0n) is 11.6. The standard InChI is InChI=1S/C15H24BrNO/c1-4-17-11-14(12(2)9-10-18-3)13-7-5-6-8-15(13)16/h5-8,12,14,17H,4,9-11H2,1-3H3. The maximum atomic E-state index is 5.20. The SMILES string of the molecule is CCNCC(c1ccccc1Br)C(C)CCOC. The summed E-state index contributed by atoms with van der Waals surface area (Å²) in [7, 11) is 1.77. The van der Waals surface area contributed by atoms with Gasteiger partial charge in [-0.15, -0.1) is 0 Å². The zero-order valence-corrected chi connectivity index (χ0v) is 13.2. The van der Waals surface area contributed by atoms with Crippen LogP contribution in [0.3, 0.4) is 0 Å². The van der Waals surface area contributed by atoms with Crippen LogP contribution in [-0.4, -0.2) is 26.8 Å². The van der Waals surface area contributed by atoms with Crippen molar-refractivity contribution in [3.8, 4) is 0 Å². The van der Waals surface area contributed by atoms with Gasteiger partial charge in [0.1, 0.15) is 0 Å². The van der Waals surface area contributed by atoms with Crippen LogP contribution in [0.5, 0.6) is 0 Å². The summed E-state index contributed by atoms with van der Waals surface area (Å²) in [5.74, 6) is 1.12. The second kappa shape index (κ2) is 8.68. The molecule has 0 heterocycles. The number of benzene rings is 1. The van der Waals surface area contributed by atoms with Crippen molar-refractivity contribution >= 4 is 15.9 Å². The molecule has 2 unspecified atom stereocenters. The van der Waals surface area contributed by atoms with E-state index in [9.17, 15) is 0 Å². The lowest BCUT2D eigenvalue weighted by Gasteiger charge is -2.25. The van der Waals surface area contributed by atoms with Crippen LogP contribution in [0, 0.1) is 5.92 Å². The van der Waals surface area contributed by atoms with E-state index in [4.69, 9.17) is 4.74 Å². The molecule has 0 saturated carbocycles. The fourth-order valence-corrected chi connectivity index (χ4v) is 2.78. The number of hydrogen-bond acceptors (Lipinski definition) is 2. The molecule has 2 atom stereocenters. The first-order valence-electron chi connectivity index (χ1n) is 6.64. The first kappa shape index (κ1) is 15.7. The Morgan fingerprint density at radius 1 is 1.33 bits per heavy atom. The van der Waals surface area contributed by atoms with Gasteiger partial charge in [0.25, 0.3) is 0 Å². The maximum absolute atomic E-state index is 5.20. The topological polar surface area (TPSA) is 21.3 Å². The fourth-order valence-electron chi connectivity index (χ4n) is 2.20. The van der Waals surface area contributed by atoms with Gasteiger partial charge in [-0.05, 0) is 30.5 Å². The highest BCUT2D eigenvalue weighted by molar-refractivity contribution is 9.10. The summed E-state index contributed by atoms with van der Waals surface area (Å²) in [6.07, 6.45) is 1.09. The summed E-state index contributed by atoms with van der Waals surface area (Å²) in [6, 6.07) is 8.52. The summed E-state index contributed by atoms with van der Waals surface area (Å²) in [5.41, 5.74) is 1.39. The van der Waals surface area contributed by atoms with Gasteiger partial charge < -0.3 is 10.1 Å². The maximum Gasteiger partial charge on any atom is 0.0465 e. The van der Waals surface area contributed by atoms with Gasteiger partial charge in [0.2, 0.25) is 0 Å². The fraction of sp³-hybridized carbons (Fsp3) is 0.600. The minimum atomic E-state index is 0.524. The predicted molar refractivity (Wildman–Crippen MR) is 81.1 cm³/mol. The second-order valence-corrected chi connectivity index (χ2v) is 5.55. The molecule has 1 rings (SSSR count). The number of halogens is 1. The van der Waals surface area contributed by atoms with Gasteiger partial charge in [-0.2, -0.15) is 0 Å². The Kier molecular flexibility index (Phi) is 7.56. The van der Waals surface area contributed by atoms with Crippen LogP contribution in [-0.2, 0) is 4.74 Å². The Morgan fingerprint density at radius 3 is 2.67 bits per heavy atom. The lowest BCUT2D eigenvalue weighted by molar-refractivity contribution is 0.174. The summed E-state index contributed by atoms with van der Waals surface area (Å²) < 4.78 is 6.41. The molecule has 0 aliphatic carbocycles. The molecule has 0 amide bonds. The Morgan fingerprint density at radius 2 is 2.06 bits per heavy atom. The van der Waals surface area contributed by atoms with Crippen LogP contribution in [0.15, 0.2) is 28.7 Å². The minimum Gasteiger partial charge on any atom is -0.385 e. The molecule has 1 N–H and O–H groups in total. The van der Waals surface area contributed by atoms with Gasteiger partial charge >= 0.3 is 0 Å². The van der Waals surface area contributed by atoms with Crippen molar-refractivity contribution in [2.75, 3.05) is 26.8 Å². The highest BCUT2D eigenvalue weighted by Gasteiger charge is 2.20. The van der Waals surface area contributed by atoms with E-state index in [1.807, 2.05) is 0 Å². The summed E-state index contributed by atoms with van der Waals surface area (Å²) in [6.45, 7) is 7.31. The third-order valence-corrected chi connectivity index (χ3v) is 4.11. The molecule has 2 nitrogen and oxygen atoms in total. The Balaban J connectivity index is 2.80. The van der Waals surface area contributed by atoms with Gasteiger partial charge in [0, 0.05) is 30.7 Å². The third-order valence-electron chi connectivity index (χ3n) is 3.38. The monoisotopic (exact) mass is 313 g/mol. The van der Waals surface area contributed by atoms with E-state index in [0.717, 1.165) is 26.1 Å². The molecule has 1 aromatic rings. The van der Waals surface area contributed by atoms with Crippen molar-refractivity contribution in [1.29, 1.82) is 0 Å². The highest BCUT2D eigenvalue weighted by atomic mass is 79.9. The third kappa shape index (κ3) is 4.71. The molecule has 0 aromatic heterocycles. The van der Waals surface area contributed by atoms with Crippen molar-refractivity contribution in [2.45, 2.75) is 26.2 Å². The molecule has 0 aliphatic rings. The Labute approximate surface area is 119 Å². The Hall–Kier alpha value is -0.380. The molecule has 1 aromatic carbocycles. The van der Waals surface area contributed by atoms with E-state index in [1.54, 1.807) is 7.11 Å². The molecule has 3 heteroatoms. The Bertz CT molecular complexity index is 343. The van der Waals surface area contributed by atoms with Crippen molar-refractivity contribution in [1.82, 2.24) is 5.32 Å². The first-order chi connectivity index (χ1) is 8.70.